The van der Waals surface area contributed by atoms with Crippen molar-refractivity contribution in [2.45, 2.75) is 43.5 Å². The zero-order chi connectivity index (χ0) is 22.4. The minimum atomic E-state index is -3.57. The molecule has 1 heterocycles. The highest BCUT2D eigenvalue weighted by Gasteiger charge is 2.32. The first kappa shape index (κ1) is 22.6. The molecule has 3 rings (SSSR count). The number of piperidine rings is 1. The molecule has 9 heteroatoms. The van der Waals surface area contributed by atoms with E-state index in [4.69, 9.17) is 0 Å². The predicted octanol–water partition coefficient (Wildman–Crippen LogP) is 4.20. The lowest BCUT2D eigenvalue weighted by molar-refractivity contribution is -0.384. The second-order valence-electron chi connectivity index (χ2n) is 7.37. The van der Waals surface area contributed by atoms with E-state index in [0.29, 0.717) is 17.8 Å². The lowest BCUT2D eigenvalue weighted by Crippen LogP contribution is -2.43. The zero-order valence-electron chi connectivity index (χ0n) is 17.2. The molecule has 1 amide bonds. The third-order valence-corrected chi connectivity index (χ3v) is 7.27. The second kappa shape index (κ2) is 9.84. The minimum Gasteiger partial charge on any atom is -0.323 e. The molecule has 0 bridgehead atoms. The molecule has 0 aliphatic carbocycles. The van der Waals surface area contributed by atoms with Crippen LogP contribution in [0.2, 0.25) is 0 Å². The van der Waals surface area contributed by atoms with E-state index in [1.807, 2.05) is 6.92 Å². The van der Waals surface area contributed by atoms with Crippen LogP contribution in [0.1, 0.15) is 38.2 Å². The number of rotatable bonds is 7. The van der Waals surface area contributed by atoms with Crippen LogP contribution < -0.4 is 5.32 Å². The normalized spacial score (nSPS) is 17.5. The van der Waals surface area contributed by atoms with Crippen LogP contribution in [0.3, 0.4) is 0 Å². The molecule has 1 saturated heterocycles. The summed E-state index contributed by atoms with van der Waals surface area (Å²) >= 11 is 0. The summed E-state index contributed by atoms with van der Waals surface area (Å²) in [7, 11) is -3.57. The van der Waals surface area contributed by atoms with Crippen molar-refractivity contribution < 1.29 is 18.1 Å². The minimum absolute atomic E-state index is 0.0218. The summed E-state index contributed by atoms with van der Waals surface area (Å²) in [6.07, 6.45) is 6.43. The fraction of sp³-hybridized carbons (Fsp3) is 0.318. The number of hydrogen-bond donors (Lipinski definition) is 1. The lowest BCUT2D eigenvalue weighted by Gasteiger charge is -2.34. The quantitative estimate of drug-likeness (QED) is 0.392. The van der Waals surface area contributed by atoms with E-state index >= 15 is 0 Å². The molecule has 0 aromatic heterocycles. The van der Waals surface area contributed by atoms with E-state index in [2.05, 4.69) is 5.32 Å². The van der Waals surface area contributed by atoms with Gasteiger partial charge in [0.2, 0.25) is 15.9 Å². The Balaban J connectivity index is 1.64. The van der Waals surface area contributed by atoms with Crippen LogP contribution in [0.15, 0.2) is 59.5 Å². The molecule has 1 unspecified atom stereocenters. The number of amides is 1. The number of nitro benzene ring substituents is 1. The highest BCUT2D eigenvalue weighted by molar-refractivity contribution is 7.89. The van der Waals surface area contributed by atoms with E-state index in [1.165, 1.54) is 30.3 Å². The smallest absolute Gasteiger partial charge is 0.269 e. The largest absolute Gasteiger partial charge is 0.323 e. The van der Waals surface area contributed by atoms with Crippen LogP contribution in [0.4, 0.5) is 11.4 Å². The van der Waals surface area contributed by atoms with Crippen LogP contribution in [0, 0.1) is 10.1 Å². The number of nitrogens with one attached hydrogen (secondary N) is 1. The number of non-ortho nitro benzene ring substituents is 1. The van der Waals surface area contributed by atoms with Crippen LogP contribution in [0.25, 0.3) is 6.08 Å². The first-order chi connectivity index (χ1) is 14.8. The number of anilines is 1. The Hall–Kier alpha value is -3.04. The van der Waals surface area contributed by atoms with Gasteiger partial charge in [-0.15, -0.1) is 0 Å². The number of carbonyl (C=O) groups excluding carboxylic acids is 1. The summed E-state index contributed by atoms with van der Waals surface area (Å²) in [5, 5.41) is 13.3. The van der Waals surface area contributed by atoms with Gasteiger partial charge in [0.05, 0.1) is 9.82 Å². The number of nitrogens with zero attached hydrogens (tertiary/aromatic N) is 2. The van der Waals surface area contributed by atoms with Crippen LogP contribution in [0.5, 0.6) is 0 Å². The van der Waals surface area contributed by atoms with Gasteiger partial charge in [0, 0.05) is 36.5 Å². The molecule has 1 N–H and O–H groups in total. The van der Waals surface area contributed by atoms with Crippen molar-refractivity contribution in [3.8, 4) is 0 Å². The number of carbonyl (C=O) groups is 1. The van der Waals surface area contributed by atoms with Crippen LogP contribution in [-0.2, 0) is 14.8 Å². The molecule has 8 nitrogen and oxygen atoms in total. The van der Waals surface area contributed by atoms with Crippen molar-refractivity contribution in [3.63, 3.8) is 0 Å². The van der Waals surface area contributed by atoms with Crippen molar-refractivity contribution in [2.75, 3.05) is 11.9 Å². The molecule has 164 valence electrons. The lowest BCUT2D eigenvalue weighted by atomic mass is 10.0. The SMILES string of the molecule is CCC1CCCCN1S(=O)(=O)c1ccc(NC(=O)/C=C/c2ccc([N+](=O)[O-])cc2)cc1. The van der Waals surface area contributed by atoms with E-state index in [9.17, 15) is 23.3 Å². The predicted molar refractivity (Wildman–Crippen MR) is 119 cm³/mol. The number of hydrogen-bond acceptors (Lipinski definition) is 5. The summed E-state index contributed by atoms with van der Waals surface area (Å²) in [6.45, 7) is 2.54. The van der Waals surface area contributed by atoms with Gasteiger partial charge in [-0.25, -0.2) is 8.42 Å². The third-order valence-electron chi connectivity index (χ3n) is 5.30. The fourth-order valence-electron chi connectivity index (χ4n) is 3.61. The standard InChI is InChI=1S/C22H25N3O5S/c1-2-19-5-3-4-16-24(19)31(29,30)21-13-9-18(10-14-21)23-22(26)15-8-17-6-11-20(12-7-17)25(27)28/h6-15,19H,2-5,16H2,1H3,(H,23,26)/b15-8+. The molecule has 2 aromatic carbocycles. The molecular formula is C22H25N3O5S. The molecule has 1 aliphatic rings. The third kappa shape index (κ3) is 5.56. The van der Waals surface area contributed by atoms with E-state index in [0.717, 1.165) is 25.7 Å². The van der Waals surface area contributed by atoms with E-state index in [1.54, 1.807) is 34.6 Å². The average Bonchev–Trinajstić information content (AvgIpc) is 2.78. The maximum absolute atomic E-state index is 13.0. The zero-order valence-corrected chi connectivity index (χ0v) is 18.0. The van der Waals surface area contributed by atoms with Gasteiger partial charge in [0.1, 0.15) is 0 Å². The van der Waals surface area contributed by atoms with Gasteiger partial charge in [-0.1, -0.05) is 13.3 Å². The number of nitro groups is 1. The van der Waals surface area contributed by atoms with Crippen LogP contribution >= 0.6 is 0 Å². The summed E-state index contributed by atoms with van der Waals surface area (Å²) in [5.41, 5.74) is 1.10. The first-order valence-electron chi connectivity index (χ1n) is 10.2. The van der Waals surface area contributed by atoms with Gasteiger partial charge < -0.3 is 5.32 Å². The molecule has 1 fully saturated rings. The summed E-state index contributed by atoms with van der Waals surface area (Å²) in [4.78, 5) is 22.5. The van der Waals surface area contributed by atoms with Gasteiger partial charge >= 0.3 is 0 Å². The highest BCUT2D eigenvalue weighted by atomic mass is 32.2. The second-order valence-corrected chi connectivity index (χ2v) is 9.26. The highest BCUT2D eigenvalue weighted by Crippen LogP contribution is 2.27. The fourth-order valence-corrected chi connectivity index (χ4v) is 5.37. The number of sulfonamides is 1. The summed E-state index contributed by atoms with van der Waals surface area (Å²) in [5.74, 6) is -0.393. The van der Waals surface area contributed by atoms with Gasteiger partial charge in [-0.3, -0.25) is 14.9 Å². The van der Waals surface area contributed by atoms with Crippen molar-refractivity contribution >= 4 is 33.4 Å². The monoisotopic (exact) mass is 443 g/mol. The average molecular weight is 444 g/mol. The Kier molecular flexibility index (Phi) is 7.19. The Labute approximate surface area is 181 Å². The summed E-state index contributed by atoms with van der Waals surface area (Å²) < 4.78 is 27.6. The topological polar surface area (TPSA) is 110 Å². The van der Waals surface area contributed by atoms with Crippen molar-refractivity contribution in [2.24, 2.45) is 0 Å². The molecule has 0 saturated carbocycles. The van der Waals surface area contributed by atoms with E-state index < -0.39 is 20.9 Å². The van der Waals surface area contributed by atoms with Gasteiger partial charge in [-0.2, -0.15) is 4.31 Å². The molecule has 2 aromatic rings. The molecular weight excluding hydrogens is 418 g/mol. The Morgan fingerprint density at radius 1 is 1.16 bits per heavy atom. The van der Waals surface area contributed by atoms with Gasteiger partial charge in [0.25, 0.3) is 5.69 Å². The van der Waals surface area contributed by atoms with Crippen molar-refractivity contribution in [1.82, 2.24) is 4.31 Å². The summed E-state index contributed by atoms with van der Waals surface area (Å²) in [6, 6.07) is 12.0. The van der Waals surface area contributed by atoms with Crippen molar-refractivity contribution in [3.05, 3.63) is 70.3 Å². The molecule has 0 spiro atoms. The molecule has 0 radical (unpaired) electrons. The Bertz CT molecular complexity index is 1060. The van der Waals surface area contributed by atoms with E-state index in [-0.39, 0.29) is 16.6 Å². The molecule has 31 heavy (non-hydrogen) atoms. The Morgan fingerprint density at radius 2 is 1.84 bits per heavy atom. The maximum atomic E-state index is 13.0. The maximum Gasteiger partial charge on any atom is 0.269 e. The molecule has 1 aliphatic heterocycles. The van der Waals surface area contributed by atoms with Crippen molar-refractivity contribution in [1.29, 1.82) is 0 Å². The molecule has 1 atom stereocenters. The van der Waals surface area contributed by atoms with Gasteiger partial charge in [0.15, 0.2) is 0 Å². The number of benzene rings is 2. The first-order valence-corrected chi connectivity index (χ1v) is 11.6. The van der Waals surface area contributed by atoms with Gasteiger partial charge in [-0.05, 0) is 67.3 Å². The Morgan fingerprint density at radius 3 is 2.45 bits per heavy atom. The van der Waals surface area contributed by atoms with Crippen LogP contribution in [-0.4, -0.2) is 36.1 Å².